The third-order valence-corrected chi connectivity index (χ3v) is 2.98. The maximum atomic E-state index is 12.1. The summed E-state index contributed by atoms with van der Waals surface area (Å²) in [5, 5.41) is 11.5. The molecule has 0 aromatic heterocycles. The Hall–Kier alpha value is -2.24. The van der Waals surface area contributed by atoms with Gasteiger partial charge in [0.25, 0.3) is 5.91 Å². The van der Waals surface area contributed by atoms with Crippen LogP contribution in [0.4, 0.5) is 0 Å². The molecule has 122 valence electrons. The zero-order valence-electron chi connectivity index (χ0n) is 13.2. The molecule has 22 heavy (non-hydrogen) atoms. The van der Waals surface area contributed by atoms with Gasteiger partial charge in [-0.3, -0.25) is 4.79 Å². The van der Waals surface area contributed by atoms with Gasteiger partial charge < -0.3 is 19.9 Å². The van der Waals surface area contributed by atoms with Crippen LogP contribution in [0.2, 0.25) is 0 Å². The number of rotatable bonds is 9. The van der Waals surface area contributed by atoms with E-state index in [0.717, 1.165) is 6.42 Å². The molecule has 2 N–H and O–H groups in total. The highest BCUT2D eigenvalue weighted by Crippen LogP contribution is 2.28. The van der Waals surface area contributed by atoms with Crippen LogP contribution in [0.25, 0.3) is 0 Å². The van der Waals surface area contributed by atoms with E-state index in [4.69, 9.17) is 14.6 Å². The number of carboxylic acids is 1. The summed E-state index contributed by atoms with van der Waals surface area (Å²) in [6, 6.07) is 3.92. The lowest BCUT2D eigenvalue weighted by molar-refractivity contribution is -0.139. The number of carbonyl (C=O) groups excluding carboxylic acids is 1. The second-order valence-electron chi connectivity index (χ2n) is 4.72. The van der Waals surface area contributed by atoms with Crippen LogP contribution in [0.3, 0.4) is 0 Å². The van der Waals surface area contributed by atoms with Crippen LogP contribution in [0.15, 0.2) is 18.2 Å². The van der Waals surface area contributed by atoms with E-state index >= 15 is 0 Å². The summed E-state index contributed by atoms with van der Waals surface area (Å²) in [7, 11) is 0. The average molecular weight is 309 g/mol. The van der Waals surface area contributed by atoms with Gasteiger partial charge in [0.15, 0.2) is 11.5 Å². The standard InChI is InChI=1S/C16H23NO5/c1-4-9-22-13-8-7-11(10-14(13)21-6-3)15(18)17-12(5-2)16(19)20/h7-8,10,12H,4-6,9H2,1-3H3,(H,17,18)(H,19,20). The van der Waals surface area contributed by atoms with E-state index < -0.39 is 17.9 Å². The Balaban J connectivity index is 2.92. The molecule has 1 unspecified atom stereocenters. The predicted molar refractivity (Wildman–Crippen MR) is 82.6 cm³/mol. The fraction of sp³-hybridized carbons (Fsp3) is 0.500. The minimum Gasteiger partial charge on any atom is -0.490 e. The molecule has 1 aromatic carbocycles. The average Bonchev–Trinajstić information content (AvgIpc) is 2.51. The van der Waals surface area contributed by atoms with E-state index in [2.05, 4.69) is 5.32 Å². The number of amides is 1. The van der Waals surface area contributed by atoms with Crippen molar-refractivity contribution in [2.24, 2.45) is 0 Å². The van der Waals surface area contributed by atoms with Crippen LogP contribution >= 0.6 is 0 Å². The van der Waals surface area contributed by atoms with Crippen LogP contribution in [0.5, 0.6) is 11.5 Å². The summed E-state index contributed by atoms with van der Waals surface area (Å²) in [6.45, 7) is 6.54. The molecule has 1 amide bonds. The highest BCUT2D eigenvalue weighted by Gasteiger charge is 2.19. The molecule has 0 saturated heterocycles. The summed E-state index contributed by atoms with van der Waals surface area (Å²) in [6.07, 6.45) is 1.18. The largest absolute Gasteiger partial charge is 0.490 e. The van der Waals surface area contributed by atoms with Crippen molar-refractivity contribution in [3.05, 3.63) is 23.8 Å². The van der Waals surface area contributed by atoms with Gasteiger partial charge in [0.05, 0.1) is 13.2 Å². The zero-order chi connectivity index (χ0) is 16.5. The van der Waals surface area contributed by atoms with E-state index in [0.29, 0.717) is 36.7 Å². The van der Waals surface area contributed by atoms with E-state index in [-0.39, 0.29) is 0 Å². The second-order valence-corrected chi connectivity index (χ2v) is 4.72. The number of nitrogens with one attached hydrogen (secondary N) is 1. The molecule has 1 atom stereocenters. The molecule has 0 radical (unpaired) electrons. The Kier molecular flexibility index (Phi) is 7.22. The maximum absolute atomic E-state index is 12.1. The summed E-state index contributed by atoms with van der Waals surface area (Å²) < 4.78 is 11.0. The molecule has 1 aromatic rings. The van der Waals surface area contributed by atoms with Crippen LogP contribution in [-0.2, 0) is 4.79 Å². The van der Waals surface area contributed by atoms with Crippen molar-refractivity contribution >= 4 is 11.9 Å². The zero-order valence-corrected chi connectivity index (χ0v) is 13.2. The monoisotopic (exact) mass is 309 g/mol. The number of ether oxygens (including phenoxy) is 2. The van der Waals surface area contributed by atoms with E-state index in [9.17, 15) is 9.59 Å². The number of hydrogen-bond donors (Lipinski definition) is 2. The van der Waals surface area contributed by atoms with Crippen molar-refractivity contribution in [3.8, 4) is 11.5 Å². The second kappa shape index (κ2) is 8.92. The molecule has 0 spiro atoms. The maximum Gasteiger partial charge on any atom is 0.326 e. The molecule has 6 heteroatoms. The van der Waals surface area contributed by atoms with Crippen LogP contribution in [0.1, 0.15) is 44.0 Å². The van der Waals surface area contributed by atoms with Crippen molar-refractivity contribution in [2.75, 3.05) is 13.2 Å². The van der Waals surface area contributed by atoms with Crippen molar-refractivity contribution in [2.45, 2.75) is 39.7 Å². The molecular weight excluding hydrogens is 286 g/mol. The minimum atomic E-state index is -1.05. The fourth-order valence-corrected chi connectivity index (χ4v) is 1.83. The third-order valence-electron chi connectivity index (χ3n) is 2.98. The number of carboxylic acid groups (broad SMARTS) is 1. The number of benzene rings is 1. The Bertz CT molecular complexity index is 515. The minimum absolute atomic E-state index is 0.317. The molecular formula is C16H23NO5. The van der Waals surface area contributed by atoms with Crippen LogP contribution < -0.4 is 14.8 Å². The first-order chi connectivity index (χ1) is 10.5. The van der Waals surface area contributed by atoms with Crippen molar-refractivity contribution in [3.63, 3.8) is 0 Å². The number of carbonyl (C=O) groups is 2. The summed E-state index contributed by atoms with van der Waals surface area (Å²) in [4.78, 5) is 23.1. The molecule has 1 rings (SSSR count). The molecule has 0 bridgehead atoms. The lowest BCUT2D eigenvalue weighted by Gasteiger charge is -2.15. The Labute approximate surface area is 130 Å². The molecule has 0 fully saturated rings. The fourth-order valence-electron chi connectivity index (χ4n) is 1.83. The first-order valence-electron chi connectivity index (χ1n) is 7.46. The number of hydrogen-bond acceptors (Lipinski definition) is 4. The van der Waals surface area contributed by atoms with E-state index in [1.54, 1.807) is 25.1 Å². The first kappa shape index (κ1) is 17.8. The third kappa shape index (κ3) is 4.95. The molecule has 0 aliphatic rings. The van der Waals surface area contributed by atoms with Gasteiger partial charge in [-0.2, -0.15) is 0 Å². The van der Waals surface area contributed by atoms with Crippen molar-refractivity contribution < 1.29 is 24.2 Å². The van der Waals surface area contributed by atoms with Crippen LogP contribution in [-0.4, -0.2) is 36.2 Å². The highest BCUT2D eigenvalue weighted by molar-refractivity contribution is 5.97. The van der Waals surface area contributed by atoms with Gasteiger partial charge in [-0.15, -0.1) is 0 Å². The lowest BCUT2D eigenvalue weighted by Crippen LogP contribution is -2.40. The molecule has 0 aliphatic heterocycles. The van der Waals surface area contributed by atoms with Gasteiger partial charge in [-0.1, -0.05) is 13.8 Å². The number of aliphatic carboxylic acids is 1. The molecule has 0 heterocycles. The van der Waals surface area contributed by atoms with Gasteiger partial charge >= 0.3 is 5.97 Å². The highest BCUT2D eigenvalue weighted by atomic mass is 16.5. The van der Waals surface area contributed by atoms with Gasteiger partial charge in [-0.25, -0.2) is 4.79 Å². The Morgan fingerprint density at radius 3 is 2.45 bits per heavy atom. The Morgan fingerprint density at radius 2 is 1.91 bits per heavy atom. The molecule has 0 saturated carbocycles. The van der Waals surface area contributed by atoms with Crippen molar-refractivity contribution in [1.29, 1.82) is 0 Å². The van der Waals surface area contributed by atoms with Crippen molar-refractivity contribution in [1.82, 2.24) is 5.32 Å². The quantitative estimate of drug-likeness (QED) is 0.732. The van der Waals surface area contributed by atoms with Gasteiger partial charge in [0, 0.05) is 5.56 Å². The Morgan fingerprint density at radius 1 is 1.18 bits per heavy atom. The van der Waals surface area contributed by atoms with Crippen LogP contribution in [0, 0.1) is 0 Å². The van der Waals surface area contributed by atoms with E-state index in [1.165, 1.54) is 0 Å². The summed E-state index contributed by atoms with van der Waals surface area (Å²) in [5.74, 6) is -0.446. The normalized spacial score (nSPS) is 11.6. The van der Waals surface area contributed by atoms with Gasteiger partial charge in [0.1, 0.15) is 6.04 Å². The van der Waals surface area contributed by atoms with Gasteiger partial charge in [-0.05, 0) is 38.0 Å². The summed E-state index contributed by atoms with van der Waals surface area (Å²) in [5.41, 5.74) is 0.340. The predicted octanol–water partition coefficient (Wildman–Crippen LogP) is 2.47. The van der Waals surface area contributed by atoms with E-state index in [1.807, 2.05) is 13.8 Å². The topological polar surface area (TPSA) is 84.9 Å². The molecule has 0 aliphatic carbocycles. The summed E-state index contributed by atoms with van der Waals surface area (Å²) >= 11 is 0. The van der Waals surface area contributed by atoms with Gasteiger partial charge in [0.2, 0.25) is 0 Å². The lowest BCUT2D eigenvalue weighted by atomic mass is 10.1. The SMILES string of the molecule is CCCOc1ccc(C(=O)NC(CC)C(=O)O)cc1OCC. The first-order valence-corrected chi connectivity index (χ1v) is 7.46. The smallest absolute Gasteiger partial charge is 0.326 e. The molecule has 6 nitrogen and oxygen atoms in total.